The molecule has 0 aromatic heterocycles. The third kappa shape index (κ3) is 4.95. The lowest BCUT2D eigenvalue weighted by molar-refractivity contribution is -0.123. The van der Waals surface area contributed by atoms with Gasteiger partial charge in [-0.2, -0.15) is 0 Å². The van der Waals surface area contributed by atoms with Gasteiger partial charge in [0.05, 0.1) is 7.11 Å². The Morgan fingerprint density at radius 1 is 1.07 bits per heavy atom. The molecule has 3 N–H and O–H groups in total. The molecule has 2 aliphatic heterocycles. The molecule has 2 saturated heterocycles. The minimum atomic E-state index is -0.139. The molecule has 4 rings (SSSR count). The Morgan fingerprint density at radius 3 is 2.50 bits per heavy atom. The lowest BCUT2D eigenvalue weighted by Gasteiger charge is -2.28. The number of hydrogen-bond acceptors (Lipinski definition) is 5. The van der Waals surface area contributed by atoms with Crippen LogP contribution < -0.4 is 25.4 Å². The van der Waals surface area contributed by atoms with Crippen molar-refractivity contribution in [1.29, 1.82) is 0 Å². The van der Waals surface area contributed by atoms with E-state index >= 15 is 0 Å². The molecule has 28 heavy (non-hydrogen) atoms. The third-order valence-corrected chi connectivity index (χ3v) is 5.79. The monoisotopic (exact) mass is 387 g/mol. The Balaban J connectivity index is 1.31. The molecule has 3 aliphatic rings. The highest BCUT2D eigenvalue weighted by Crippen LogP contribution is 2.34. The number of carbonyl (C=O) groups is 2. The minimum Gasteiger partial charge on any atom is -0.493 e. The van der Waals surface area contributed by atoms with Crippen molar-refractivity contribution < 1.29 is 19.1 Å². The fourth-order valence-electron chi connectivity index (χ4n) is 4.32. The zero-order valence-corrected chi connectivity index (χ0v) is 16.3. The van der Waals surface area contributed by atoms with Crippen LogP contribution >= 0.6 is 0 Å². The van der Waals surface area contributed by atoms with Crippen LogP contribution in [-0.4, -0.2) is 43.7 Å². The largest absolute Gasteiger partial charge is 0.493 e. The third-order valence-electron chi connectivity index (χ3n) is 5.79. The van der Waals surface area contributed by atoms with Gasteiger partial charge in [-0.25, -0.2) is 0 Å². The van der Waals surface area contributed by atoms with Gasteiger partial charge in [0.2, 0.25) is 5.91 Å². The van der Waals surface area contributed by atoms with Crippen LogP contribution in [0.1, 0.15) is 44.9 Å². The maximum Gasteiger partial charge on any atom is 0.258 e. The number of carbonyl (C=O) groups excluding carboxylic acids is 2. The fraction of sp³-hybridized carbons (Fsp3) is 0.619. The summed E-state index contributed by atoms with van der Waals surface area (Å²) in [6, 6.07) is 6.72. The van der Waals surface area contributed by atoms with E-state index in [-0.39, 0.29) is 18.4 Å². The summed E-state index contributed by atoms with van der Waals surface area (Å²) in [5, 5.41) is 9.46. The molecule has 1 aromatic rings. The number of nitrogens with one attached hydrogen (secondary N) is 3. The molecule has 7 nitrogen and oxygen atoms in total. The number of amides is 2. The highest BCUT2D eigenvalue weighted by atomic mass is 16.5. The number of piperidine rings is 1. The van der Waals surface area contributed by atoms with Crippen LogP contribution in [0.4, 0.5) is 5.69 Å². The molecule has 1 aromatic carbocycles. The summed E-state index contributed by atoms with van der Waals surface area (Å²) in [7, 11) is 1.55. The molecule has 2 unspecified atom stereocenters. The van der Waals surface area contributed by atoms with Gasteiger partial charge in [0, 0.05) is 36.3 Å². The van der Waals surface area contributed by atoms with Crippen molar-refractivity contribution in [2.24, 2.45) is 5.92 Å². The highest BCUT2D eigenvalue weighted by Gasteiger charge is 2.34. The first-order valence-corrected chi connectivity index (χ1v) is 10.2. The van der Waals surface area contributed by atoms with Gasteiger partial charge in [0.15, 0.2) is 18.1 Å². The van der Waals surface area contributed by atoms with E-state index in [2.05, 4.69) is 16.0 Å². The van der Waals surface area contributed by atoms with Crippen LogP contribution in [0, 0.1) is 5.92 Å². The second-order valence-electron chi connectivity index (χ2n) is 8.22. The van der Waals surface area contributed by atoms with Gasteiger partial charge in [-0.1, -0.05) is 0 Å². The van der Waals surface area contributed by atoms with Gasteiger partial charge >= 0.3 is 0 Å². The molecule has 2 heterocycles. The Morgan fingerprint density at radius 2 is 1.82 bits per heavy atom. The van der Waals surface area contributed by atoms with Crippen LogP contribution in [0.5, 0.6) is 11.5 Å². The maximum atomic E-state index is 12.5. The van der Waals surface area contributed by atoms with Crippen molar-refractivity contribution in [3.63, 3.8) is 0 Å². The Labute approximate surface area is 165 Å². The Kier molecular flexibility index (Phi) is 5.71. The molecule has 7 heteroatoms. The number of rotatable bonds is 8. The van der Waals surface area contributed by atoms with E-state index < -0.39 is 0 Å². The van der Waals surface area contributed by atoms with Gasteiger partial charge in [-0.3, -0.25) is 9.59 Å². The van der Waals surface area contributed by atoms with Gasteiger partial charge in [0.1, 0.15) is 0 Å². The van der Waals surface area contributed by atoms with Crippen molar-refractivity contribution in [3.8, 4) is 11.5 Å². The number of ether oxygens (including phenoxy) is 2. The van der Waals surface area contributed by atoms with Crippen molar-refractivity contribution >= 4 is 17.5 Å². The second kappa shape index (κ2) is 8.39. The van der Waals surface area contributed by atoms with Gasteiger partial charge in [0.25, 0.3) is 5.91 Å². The molecule has 0 radical (unpaired) electrons. The zero-order chi connectivity index (χ0) is 19.5. The summed E-state index contributed by atoms with van der Waals surface area (Å²) < 4.78 is 10.9. The number of methoxy groups -OCH3 is 1. The molecule has 1 saturated carbocycles. The predicted octanol–water partition coefficient (Wildman–Crippen LogP) is 2.21. The smallest absolute Gasteiger partial charge is 0.258 e. The average Bonchev–Trinajstić information content (AvgIpc) is 3.42. The summed E-state index contributed by atoms with van der Waals surface area (Å²) in [4.78, 5) is 24.4. The lowest BCUT2D eigenvalue weighted by Crippen LogP contribution is -2.39. The number of anilines is 1. The van der Waals surface area contributed by atoms with Gasteiger partial charge < -0.3 is 25.4 Å². The van der Waals surface area contributed by atoms with Crippen molar-refractivity contribution in [2.75, 3.05) is 19.0 Å². The molecule has 2 atom stereocenters. The van der Waals surface area contributed by atoms with Crippen molar-refractivity contribution in [3.05, 3.63) is 18.2 Å². The molecule has 2 amide bonds. The van der Waals surface area contributed by atoms with E-state index in [1.807, 2.05) is 0 Å². The van der Waals surface area contributed by atoms with E-state index in [1.165, 1.54) is 12.8 Å². The summed E-state index contributed by atoms with van der Waals surface area (Å²) in [6.45, 7) is -0.0674. The minimum absolute atomic E-state index is 0.0221. The molecule has 3 fully saturated rings. The predicted molar refractivity (Wildman–Crippen MR) is 106 cm³/mol. The first-order valence-electron chi connectivity index (χ1n) is 10.2. The van der Waals surface area contributed by atoms with Gasteiger partial charge in [-0.15, -0.1) is 0 Å². The first-order chi connectivity index (χ1) is 13.6. The van der Waals surface area contributed by atoms with Gasteiger partial charge in [-0.05, 0) is 56.6 Å². The Bertz CT molecular complexity index is 722. The molecular weight excluding hydrogens is 358 g/mol. The number of benzene rings is 1. The van der Waals surface area contributed by atoms with Crippen LogP contribution in [0.25, 0.3) is 0 Å². The molecule has 1 aliphatic carbocycles. The van der Waals surface area contributed by atoms with Crippen LogP contribution in [0.2, 0.25) is 0 Å². The summed E-state index contributed by atoms with van der Waals surface area (Å²) in [6.07, 6.45) is 7.24. The van der Waals surface area contributed by atoms with Crippen LogP contribution in [-0.2, 0) is 9.59 Å². The van der Waals surface area contributed by atoms with E-state index in [1.54, 1.807) is 25.3 Å². The number of hydrogen-bond donors (Lipinski definition) is 3. The van der Waals surface area contributed by atoms with E-state index in [0.29, 0.717) is 47.7 Å². The maximum absolute atomic E-state index is 12.5. The molecule has 0 spiro atoms. The highest BCUT2D eigenvalue weighted by molar-refractivity contribution is 5.91. The quantitative estimate of drug-likeness (QED) is 0.636. The Hall–Kier alpha value is -2.28. The first kappa shape index (κ1) is 19.1. The fourth-order valence-corrected chi connectivity index (χ4v) is 4.32. The SMILES string of the molecule is COc1ccc(NC(=O)CC2CC3CCC(C2)N3)cc1OCC(=O)NC1CC1. The topological polar surface area (TPSA) is 88.7 Å². The normalized spacial score (nSPS) is 25.8. The average molecular weight is 387 g/mol. The van der Waals surface area contributed by atoms with Crippen molar-refractivity contribution in [2.45, 2.75) is 63.1 Å². The second-order valence-corrected chi connectivity index (χ2v) is 8.22. The molecule has 2 bridgehead atoms. The van der Waals surface area contributed by atoms with E-state index in [4.69, 9.17) is 9.47 Å². The zero-order valence-electron chi connectivity index (χ0n) is 16.3. The molecule has 152 valence electrons. The van der Waals surface area contributed by atoms with Crippen molar-refractivity contribution in [1.82, 2.24) is 10.6 Å². The summed E-state index contributed by atoms with van der Waals surface area (Å²) >= 11 is 0. The lowest BCUT2D eigenvalue weighted by atomic mass is 9.89. The summed E-state index contributed by atoms with van der Waals surface area (Å²) in [5.41, 5.74) is 0.653. The van der Waals surface area contributed by atoms with Crippen LogP contribution in [0.15, 0.2) is 18.2 Å². The standard InChI is InChI=1S/C21H29N3O4/c1-27-18-7-6-17(11-19(18)28-12-21(26)23-14-2-3-14)24-20(25)10-13-8-15-4-5-16(9-13)22-15/h6-7,11,13-16,22H,2-5,8-10,12H2,1H3,(H,23,26)(H,24,25). The summed E-state index contributed by atoms with van der Waals surface area (Å²) in [5.74, 6) is 1.31. The molecular formula is C21H29N3O4. The van der Waals surface area contributed by atoms with Crippen LogP contribution in [0.3, 0.4) is 0 Å². The van der Waals surface area contributed by atoms with E-state index in [9.17, 15) is 9.59 Å². The number of fused-ring (bicyclic) bond motifs is 2. The van der Waals surface area contributed by atoms with E-state index in [0.717, 1.165) is 25.7 Å².